The highest BCUT2D eigenvalue weighted by Gasteiger charge is 2.25. The van der Waals surface area contributed by atoms with Gasteiger partial charge in [0.15, 0.2) is 0 Å². The van der Waals surface area contributed by atoms with E-state index in [1.165, 1.54) is 12.8 Å². The van der Waals surface area contributed by atoms with Crippen LogP contribution in [0.5, 0.6) is 0 Å². The van der Waals surface area contributed by atoms with Gasteiger partial charge in [0.2, 0.25) is 10.0 Å². The summed E-state index contributed by atoms with van der Waals surface area (Å²) in [5.41, 5.74) is 2.21. The molecule has 128 valence electrons. The molecule has 0 radical (unpaired) electrons. The van der Waals surface area contributed by atoms with Gasteiger partial charge in [0, 0.05) is 12.6 Å². The van der Waals surface area contributed by atoms with Crippen LogP contribution in [0, 0.1) is 6.92 Å². The monoisotopic (exact) mass is 344 g/mol. The quantitative estimate of drug-likeness (QED) is 0.876. The predicted octanol–water partition coefficient (Wildman–Crippen LogP) is 3.11. The first-order valence-corrected chi connectivity index (χ1v) is 9.90. The van der Waals surface area contributed by atoms with Gasteiger partial charge in [-0.3, -0.25) is 4.90 Å². The largest absolute Gasteiger partial charge is 0.295 e. The Balaban J connectivity index is 1.76. The summed E-state index contributed by atoms with van der Waals surface area (Å²) < 4.78 is 27.9. The molecule has 0 amide bonds. The van der Waals surface area contributed by atoms with Gasteiger partial charge in [0.05, 0.1) is 4.90 Å². The number of nitrogens with zero attached hydrogens (tertiary/aromatic N) is 1. The maximum absolute atomic E-state index is 12.6. The van der Waals surface area contributed by atoms with Crippen molar-refractivity contribution in [3.8, 4) is 0 Å². The van der Waals surface area contributed by atoms with Crippen molar-refractivity contribution in [3.63, 3.8) is 0 Å². The van der Waals surface area contributed by atoms with E-state index in [1.807, 2.05) is 37.3 Å². The summed E-state index contributed by atoms with van der Waals surface area (Å²) in [4.78, 5) is 2.69. The SMILES string of the molecule is Cc1ccc(S(=O)(=O)NC[C@H](c2ccccc2)N2CCCC2)cc1. The minimum atomic E-state index is -3.49. The summed E-state index contributed by atoms with van der Waals surface area (Å²) >= 11 is 0. The number of rotatable bonds is 6. The van der Waals surface area contributed by atoms with E-state index in [-0.39, 0.29) is 6.04 Å². The summed E-state index contributed by atoms with van der Waals surface area (Å²) in [6.07, 6.45) is 2.35. The van der Waals surface area contributed by atoms with Crippen molar-refractivity contribution in [2.45, 2.75) is 30.7 Å². The Morgan fingerprint density at radius 2 is 1.62 bits per heavy atom. The van der Waals surface area contributed by atoms with E-state index >= 15 is 0 Å². The molecular weight excluding hydrogens is 320 g/mol. The van der Waals surface area contributed by atoms with Crippen LogP contribution < -0.4 is 4.72 Å². The first-order valence-electron chi connectivity index (χ1n) is 8.41. The number of sulfonamides is 1. The number of nitrogens with one attached hydrogen (secondary N) is 1. The lowest BCUT2D eigenvalue weighted by Gasteiger charge is -2.28. The predicted molar refractivity (Wildman–Crippen MR) is 96.4 cm³/mol. The van der Waals surface area contributed by atoms with Gasteiger partial charge in [-0.2, -0.15) is 0 Å². The number of hydrogen-bond acceptors (Lipinski definition) is 3. The summed E-state index contributed by atoms with van der Waals surface area (Å²) in [5.74, 6) is 0. The molecule has 0 bridgehead atoms. The molecule has 2 aromatic rings. The Morgan fingerprint density at radius 1 is 1.00 bits per heavy atom. The molecule has 3 rings (SSSR count). The Hall–Kier alpha value is -1.69. The van der Waals surface area contributed by atoms with Crippen molar-refractivity contribution in [1.82, 2.24) is 9.62 Å². The smallest absolute Gasteiger partial charge is 0.240 e. The molecule has 1 fully saturated rings. The van der Waals surface area contributed by atoms with E-state index in [9.17, 15) is 8.42 Å². The van der Waals surface area contributed by atoms with Gasteiger partial charge >= 0.3 is 0 Å². The lowest BCUT2D eigenvalue weighted by Crippen LogP contribution is -2.36. The van der Waals surface area contributed by atoms with E-state index in [4.69, 9.17) is 0 Å². The van der Waals surface area contributed by atoms with Gasteiger partial charge in [-0.15, -0.1) is 0 Å². The fraction of sp³-hybridized carbons (Fsp3) is 0.368. The highest BCUT2D eigenvalue weighted by atomic mass is 32.2. The average Bonchev–Trinajstić information content (AvgIpc) is 3.11. The van der Waals surface area contributed by atoms with Crippen LogP contribution >= 0.6 is 0 Å². The van der Waals surface area contributed by atoms with Gasteiger partial charge in [-0.25, -0.2) is 13.1 Å². The van der Waals surface area contributed by atoms with Crippen molar-refractivity contribution < 1.29 is 8.42 Å². The second-order valence-electron chi connectivity index (χ2n) is 6.33. The van der Waals surface area contributed by atoms with E-state index in [2.05, 4.69) is 21.8 Å². The average molecular weight is 344 g/mol. The van der Waals surface area contributed by atoms with Crippen molar-refractivity contribution in [2.24, 2.45) is 0 Å². The van der Waals surface area contributed by atoms with Crippen LogP contribution in [0.25, 0.3) is 0 Å². The highest BCUT2D eigenvalue weighted by Crippen LogP contribution is 2.25. The van der Waals surface area contributed by atoms with Crippen molar-refractivity contribution in [1.29, 1.82) is 0 Å². The minimum Gasteiger partial charge on any atom is -0.295 e. The molecule has 1 saturated heterocycles. The van der Waals surface area contributed by atoms with Crippen LogP contribution in [0.4, 0.5) is 0 Å². The van der Waals surface area contributed by atoms with Crippen LogP contribution in [0.15, 0.2) is 59.5 Å². The molecule has 0 aliphatic carbocycles. The molecule has 0 spiro atoms. The Morgan fingerprint density at radius 3 is 2.25 bits per heavy atom. The van der Waals surface area contributed by atoms with Gasteiger partial charge < -0.3 is 0 Å². The highest BCUT2D eigenvalue weighted by molar-refractivity contribution is 7.89. The molecule has 2 aromatic carbocycles. The normalized spacial score (nSPS) is 17.0. The number of likely N-dealkylation sites (tertiary alicyclic amines) is 1. The number of aryl methyl sites for hydroxylation is 1. The Bertz CT molecular complexity index is 752. The molecule has 5 heteroatoms. The lowest BCUT2D eigenvalue weighted by molar-refractivity contribution is 0.246. The van der Waals surface area contributed by atoms with E-state index in [0.29, 0.717) is 11.4 Å². The van der Waals surface area contributed by atoms with Crippen LogP contribution in [-0.4, -0.2) is 33.0 Å². The maximum atomic E-state index is 12.6. The minimum absolute atomic E-state index is 0.0777. The summed E-state index contributed by atoms with van der Waals surface area (Å²) in [5, 5.41) is 0. The zero-order valence-electron chi connectivity index (χ0n) is 14.0. The Labute approximate surface area is 144 Å². The van der Waals surface area contributed by atoms with E-state index in [0.717, 1.165) is 24.2 Å². The zero-order chi connectivity index (χ0) is 17.0. The molecule has 1 aliphatic rings. The summed E-state index contributed by atoms with van der Waals surface area (Å²) in [6, 6.07) is 17.2. The second-order valence-corrected chi connectivity index (χ2v) is 8.10. The van der Waals surface area contributed by atoms with Crippen LogP contribution in [0.3, 0.4) is 0 Å². The number of hydrogen-bond donors (Lipinski definition) is 1. The first kappa shape index (κ1) is 17.1. The molecule has 1 N–H and O–H groups in total. The summed E-state index contributed by atoms with van der Waals surface area (Å²) in [7, 11) is -3.49. The third-order valence-corrected chi connectivity index (χ3v) is 6.00. The van der Waals surface area contributed by atoms with E-state index < -0.39 is 10.0 Å². The molecule has 4 nitrogen and oxygen atoms in total. The third kappa shape index (κ3) is 4.04. The van der Waals surface area contributed by atoms with Crippen molar-refractivity contribution in [3.05, 3.63) is 65.7 Å². The molecule has 0 saturated carbocycles. The van der Waals surface area contributed by atoms with Gasteiger partial charge in [-0.1, -0.05) is 48.0 Å². The van der Waals surface area contributed by atoms with Gasteiger partial charge in [0.25, 0.3) is 0 Å². The zero-order valence-corrected chi connectivity index (χ0v) is 14.8. The van der Waals surface area contributed by atoms with E-state index in [1.54, 1.807) is 12.1 Å². The molecule has 1 aliphatic heterocycles. The first-order chi connectivity index (χ1) is 11.6. The molecule has 0 unspecified atom stereocenters. The fourth-order valence-corrected chi connectivity index (χ4v) is 4.21. The van der Waals surface area contributed by atoms with Crippen LogP contribution in [0.1, 0.15) is 30.0 Å². The second kappa shape index (κ2) is 7.47. The molecular formula is C19H24N2O2S. The standard InChI is InChI=1S/C19H24N2O2S/c1-16-9-11-18(12-10-16)24(22,23)20-15-19(21-13-5-6-14-21)17-7-3-2-4-8-17/h2-4,7-12,19-20H,5-6,13-15H2,1H3/t19-/m1/s1. The number of benzene rings is 2. The van der Waals surface area contributed by atoms with Crippen molar-refractivity contribution >= 4 is 10.0 Å². The molecule has 1 heterocycles. The molecule has 0 aromatic heterocycles. The van der Waals surface area contributed by atoms with Gasteiger partial charge in [-0.05, 0) is 50.6 Å². The lowest BCUT2D eigenvalue weighted by atomic mass is 10.1. The van der Waals surface area contributed by atoms with Gasteiger partial charge in [0.1, 0.15) is 0 Å². The van der Waals surface area contributed by atoms with Crippen LogP contribution in [-0.2, 0) is 10.0 Å². The molecule has 24 heavy (non-hydrogen) atoms. The fourth-order valence-electron chi connectivity index (χ4n) is 3.18. The Kier molecular flexibility index (Phi) is 5.33. The molecule has 1 atom stereocenters. The third-order valence-electron chi connectivity index (χ3n) is 4.56. The van der Waals surface area contributed by atoms with Crippen molar-refractivity contribution in [2.75, 3.05) is 19.6 Å². The summed E-state index contributed by atoms with van der Waals surface area (Å²) in [6.45, 7) is 4.38. The topological polar surface area (TPSA) is 49.4 Å². The maximum Gasteiger partial charge on any atom is 0.240 e. The van der Waals surface area contributed by atoms with Crippen LogP contribution in [0.2, 0.25) is 0 Å².